The van der Waals surface area contributed by atoms with Gasteiger partial charge in [0, 0.05) is 0 Å². The van der Waals surface area contributed by atoms with Crippen molar-refractivity contribution in [2.45, 2.75) is 6.23 Å². The van der Waals surface area contributed by atoms with Crippen LogP contribution in [-0.2, 0) is 0 Å². The molecule has 0 radical (unpaired) electrons. The Labute approximate surface area is 41.2 Å². The van der Waals surface area contributed by atoms with Crippen LogP contribution in [0.15, 0.2) is 17.1 Å². The summed E-state index contributed by atoms with van der Waals surface area (Å²) >= 11 is 0. The fraction of sp³-hybridized carbons (Fsp3) is 0.250. The van der Waals surface area contributed by atoms with Crippen molar-refractivity contribution in [1.29, 1.82) is 0 Å². The molecule has 3 heteroatoms. The first kappa shape index (κ1) is 4.33. The fourth-order valence-corrected chi connectivity index (χ4v) is 0.423. The largest absolute Gasteiger partial charge is 0.384 e. The zero-order chi connectivity index (χ0) is 5.28. The van der Waals surface area contributed by atoms with Crippen LogP contribution in [0.3, 0.4) is 0 Å². The van der Waals surface area contributed by atoms with Crippen LogP contribution in [-0.4, -0.2) is 17.2 Å². The Kier molecular flexibility index (Phi) is 0.834. The third kappa shape index (κ3) is 0.778. The predicted molar refractivity (Wildman–Crippen MR) is 26.8 cm³/mol. The molecular weight excluding hydrogens is 92.1 g/mol. The van der Waals surface area contributed by atoms with Gasteiger partial charge in [-0.1, -0.05) is 0 Å². The fourth-order valence-electron chi connectivity index (χ4n) is 0.423. The SMILES string of the molecule is NC1=N[C@H](O)C=C1. The van der Waals surface area contributed by atoms with E-state index in [0.29, 0.717) is 5.84 Å². The topological polar surface area (TPSA) is 58.6 Å². The molecule has 1 heterocycles. The van der Waals surface area contributed by atoms with E-state index in [2.05, 4.69) is 4.99 Å². The highest BCUT2D eigenvalue weighted by molar-refractivity contribution is 5.93. The number of aliphatic hydroxyl groups is 1. The lowest BCUT2D eigenvalue weighted by Crippen LogP contribution is -2.05. The zero-order valence-electron chi connectivity index (χ0n) is 3.70. The molecule has 0 aromatic heterocycles. The van der Waals surface area contributed by atoms with E-state index < -0.39 is 6.23 Å². The highest BCUT2D eigenvalue weighted by Gasteiger charge is 2.00. The Bertz CT molecular complexity index is 128. The van der Waals surface area contributed by atoms with Crippen LogP contribution in [0.1, 0.15) is 0 Å². The molecule has 0 amide bonds. The Morgan fingerprint density at radius 1 is 1.86 bits per heavy atom. The van der Waals surface area contributed by atoms with Gasteiger partial charge >= 0.3 is 0 Å². The molecule has 0 spiro atoms. The van der Waals surface area contributed by atoms with E-state index in [4.69, 9.17) is 10.8 Å². The molecule has 0 unspecified atom stereocenters. The van der Waals surface area contributed by atoms with Crippen molar-refractivity contribution in [2.24, 2.45) is 10.7 Å². The Morgan fingerprint density at radius 3 is 2.71 bits per heavy atom. The molecule has 1 rings (SSSR count). The van der Waals surface area contributed by atoms with Gasteiger partial charge in [0.1, 0.15) is 5.84 Å². The second-order valence-corrected chi connectivity index (χ2v) is 1.33. The number of rotatable bonds is 0. The molecule has 7 heavy (non-hydrogen) atoms. The third-order valence-corrected chi connectivity index (χ3v) is 0.720. The molecule has 0 bridgehead atoms. The van der Waals surface area contributed by atoms with Crippen LogP contribution in [0.5, 0.6) is 0 Å². The van der Waals surface area contributed by atoms with E-state index in [9.17, 15) is 0 Å². The molecule has 1 aliphatic heterocycles. The second kappa shape index (κ2) is 1.35. The summed E-state index contributed by atoms with van der Waals surface area (Å²) in [5.74, 6) is 0.396. The normalized spacial score (nSPS) is 28.1. The van der Waals surface area contributed by atoms with Gasteiger partial charge in [-0.25, -0.2) is 4.99 Å². The zero-order valence-corrected chi connectivity index (χ0v) is 3.70. The Morgan fingerprint density at radius 2 is 2.57 bits per heavy atom. The molecule has 38 valence electrons. The average molecular weight is 98.1 g/mol. The van der Waals surface area contributed by atoms with E-state index in [1.54, 1.807) is 6.08 Å². The summed E-state index contributed by atoms with van der Waals surface area (Å²) < 4.78 is 0. The molecule has 0 saturated heterocycles. The van der Waals surface area contributed by atoms with Crippen molar-refractivity contribution >= 4 is 5.84 Å². The van der Waals surface area contributed by atoms with Crippen molar-refractivity contribution < 1.29 is 5.11 Å². The van der Waals surface area contributed by atoms with Crippen molar-refractivity contribution in [1.82, 2.24) is 0 Å². The predicted octanol–water partition coefficient (Wildman–Crippen LogP) is -0.768. The van der Waals surface area contributed by atoms with Crippen molar-refractivity contribution in [2.75, 3.05) is 0 Å². The van der Waals surface area contributed by atoms with Gasteiger partial charge in [-0.05, 0) is 12.2 Å². The van der Waals surface area contributed by atoms with Gasteiger partial charge in [0.05, 0.1) is 0 Å². The summed E-state index contributed by atoms with van der Waals surface area (Å²) in [5, 5.41) is 8.55. The molecule has 0 fully saturated rings. The maximum absolute atomic E-state index is 8.55. The lowest BCUT2D eigenvalue weighted by Gasteiger charge is -1.86. The highest BCUT2D eigenvalue weighted by atomic mass is 16.3. The van der Waals surface area contributed by atoms with Crippen LogP contribution in [0.25, 0.3) is 0 Å². The molecule has 0 aromatic rings. The molecule has 1 atom stereocenters. The quantitative estimate of drug-likeness (QED) is 0.418. The number of nitrogens with two attached hydrogens (primary N) is 1. The van der Waals surface area contributed by atoms with Gasteiger partial charge in [-0.2, -0.15) is 0 Å². The number of amidine groups is 1. The third-order valence-electron chi connectivity index (χ3n) is 0.720. The Balaban J connectivity index is 2.69. The lowest BCUT2D eigenvalue weighted by molar-refractivity contribution is 0.237. The van der Waals surface area contributed by atoms with Crippen molar-refractivity contribution in [3.05, 3.63) is 12.2 Å². The van der Waals surface area contributed by atoms with Gasteiger partial charge < -0.3 is 10.8 Å². The van der Waals surface area contributed by atoms with E-state index in [1.807, 2.05) is 0 Å². The van der Waals surface area contributed by atoms with Crippen LogP contribution >= 0.6 is 0 Å². The number of nitrogens with zero attached hydrogens (tertiary/aromatic N) is 1. The van der Waals surface area contributed by atoms with Gasteiger partial charge in [0.2, 0.25) is 0 Å². The van der Waals surface area contributed by atoms with Gasteiger partial charge in [0.15, 0.2) is 6.23 Å². The van der Waals surface area contributed by atoms with Crippen LogP contribution in [0.2, 0.25) is 0 Å². The summed E-state index contributed by atoms with van der Waals surface area (Å²) in [6.45, 7) is 0. The number of aliphatic imine (C=N–C) groups is 1. The lowest BCUT2D eigenvalue weighted by atomic mass is 10.5. The smallest absolute Gasteiger partial charge is 0.167 e. The van der Waals surface area contributed by atoms with Crippen LogP contribution in [0.4, 0.5) is 0 Å². The minimum atomic E-state index is -0.694. The monoisotopic (exact) mass is 98.0 g/mol. The molecule has 0 saturated carbocycles. The van der Waals surface area contributed by atoms with Gasteiger partial charge in [-0.15, -0.1) is 0 Å². The standard InChI is InChI=1S/C4H6N2O/c5-3-1-2-4(7)6-3/h1-2,4,7H,(H2,5,6)/t4-/m1/s1. The summed E-state index contributed by atoms with van der Waals surface area (Å²) in [6, 6.07) is 0. The summed E-state index contributed by atoms with van der Waals surface area (Å²) in [5.41, 5.74) is 5.13. The van der Waals surface area contributed by atoms with E-state index in [-0.39, 0.29) is 0 Å². The van der Waals surface area contributed by atoms with Crippen molar-refractivity contribution in [3.63, 3.8) is 0 Å². The van der Waals surface area contributed by atoms with Crippen LogP contribution < -0.4 is 5.73 Å². The van der Waals surface area contributed by atoms with Gasteiger partial charge in [0.25, 0.3) is 0 Å². The van der Waals surface area contributed by atoms with E-state index >= 15 is 0 Å². The molecule has 3 N–H and O–H groups in total. The number of hydrogen-bond donors (Lipinski definition) is 2. The first-order valence-electron chi connectivity index (χ1n) is 1.98. The van der Waals surface area contributed by atoms with Gasteiger partial charge in [-0.3, -0.25) is 0 Å². The average Bonchev–Trinajstić information content (AvgIpc) is 1.87. The molecule has 1 aliphatic rings. The number of hydrogen-bond acceptors (Lipinski definition) is 3. The van der Waals surface area contributed by atoms with E-state index in [1.165, 1.54) is 6.08 Å². The molecule has 0 aliphatic carbocycles. The second-order valence-electron chi connectivity index (χ2n) is 1.33. The van der Waals surface area contributed by atoms with Crippen LogP contribution in [0, 0.1) is 0 Å². The van der Waals surface area contributed by atoms with E-state index in [0.717, 1.165) is 0 Å². The minimum absolute atomic E-state index is 0.396. The Hall–Kier alpha value is -0.830. The first-order valence-corrected chi connectivity index (χ1v) is 1.98. The maximum atomic E-state index is 8.55. The molecule has 0 aromatic carbocycles. The maximum Gasteiger partial charge on any atom is 0.167 e. The molecule has 3 nitrogen and oxygen atoms in total. The minimum Gasteiger partial charge on any atom is -0.384 e. The number of aliphatic hydroxyl groups excluding tert-OH is 1. The summed E-state index contributed by atoms with van der Waals surface area (Å²) in [6.07, 6.45) is 2.40. The summed E-state index contributed by atoms with van der Waals surface area (Å²) in [4.78, 5) is 3.53. The van der Waals surface area contributed by atoms with Crippen molar-refractivity contribution in [3.8, 4) is 0 Å². The highest BCUT2D eigenvalue weighted by Crippen LogP contribution is 1.95. The summed E-state index contributed by atoms with van der Waals surface area (Å²) in [7, 11) is 0. The first-order chi connectivity index (χ1) is 3.29. The molecular formula is C4H6N2O.